The molecule has 0 radical (unpaired) electrons. The molecule has 0 aromatic heterocycles. The topological polar surface area (TPSA) is 66.4 Å². The average Bonchev–Trinajstić information content (AvgIpc) is 2.15. The van der Waals surface area contributed by atoms with Crippen molar-refractivity contribution in [2.75, 3.05) is 0 Å². The van der Waals surface area contributed by atoms with Crippen molar-refractivity contribution in [3.63, 3.8) is 0 Å². The maximum absolute atomic E-state index is 11.7. The lowest BCUT2D eigenvalue weighted by molar-refractivity contribution is -0.142. The molecule has 17 heavy (non-hydrogen) atoms. The molecule has 4 nitrogen and oxygen atoms in total. The molecular weight excluding hydrogens is 218 g/mol. The van der Waals surface area contributed by atoms with Crippen LogP contribution in [-0.4, -0.2) is 23.0 Å². The highest BCUT2D eigenvalue weighted by atomic mass is 16.4. The zero-order valence-electron chi connectivity index (χ0n) is 11.3. The molecule has 0 fully saturated rings. The van der Waals surface area contributed by atoms with E-state index in [9.17, 15) is 9.59 Å². The third kappa shape index (κ3) is 7.77. The Kier molecular flexibility index (Phi) is 7.59. The fourth-order valence-corrected chi connectivity index (χ4v) is 1.86. The van der Waals surface area contributed by atoms with Crippen molar-refractivity contribution in [1.82, 2.24) is 5.32 Å². The van der Waals surface area contributed by atoms with Crippen LogP contribution in [0.1, 0.15) is 53.4 Å². The summed E-state index contributed by atoms with van der Waals surface area (Å²) in [6.07, 6.45) is 2.93. The number of hydrogen-bond acceptors (Lipinski definition) is 2. The number of nitrogens with one attached hydrogen (secondary N) is 1. The minimum atomic E-state index is -0.949. The van der Waals surface area contributed by atoms with Gasteiger partial charge in [-0.15, -0.1) is 0 Å². The van der Waals surface area contributed by atoms with E-state index in [0.717, 1.165) is 12.8 Å². The highest BCUT2D eigenvalue weighted by molar-refractivity contribution is 5.83. The van der Waals surface area contributed by atoms with Crippen molar-refractivity contribution < 1.29 is 14.7 Å². The molecule has 4 heteroatoms. The second kappa shape index (κ2) is 8.09. The molecule has 1 amide bonds. The highest BCUT2D eigenvalue weighted by Crippen LogP contribution is 2.11. The van der Waals surface area contributed by atoms with Gasteiger partial charge in [0.2, 0.25) is 5.91 Å². The Morgan fingerprint density at radius 3 is 2.24 bits per heavy atom. The van der Waals surface area contributed by atoms with Gasteiger partial charge in [-0.3, -0.25) is 4.79 Å². The van der Waals surface area contributed by atoms with Gasteiger partial charge in [0.1, 0.15) is 6.04 Å². The molecule has 2 unspecified atom stereocenters. The van der Waals surface area contributed by atoms with Crippen LogP contribution in [0.15, 0.2) is 0 Å². The number of carboxylic acid groups (broad SMARTS) is 1. The van der Waals surface area contributed by atoms with Crippen LogP contribution in [0.4, 0.5) is 0 Å². The molecule has 0 saturated carbocycles. The van der Waals surface area contributed by atoms with Crippen molar-refractivity contribution in [3.05, 3.63) is 0 Å². The largest absolute Gasteiger partial charge is 0.480 e. The van der Waals surface area contributed by atoms with Crippen molar-refractivity contribution in [2.45, 2.75) is 59.4 Å². The summed E-state index contributed by atoms with van der Waals surface area (Å²) in [4.78, 5) is 22.6. The molecule has 0 heterocycles. The van der Waals surface area contributed by atoms with Gasteiger partial charge < -0.3 is 10.4 Å². The Hall–Kier alpha value is -1.06. The molecule has 2 N–H and O–H groups in total. The third-order valence-corrected chi connectivity index (χ3v) is 2.66. The third-order valence-electron chi connectivity index (χ3n) is 2.66. The second-order valence-electron chi connectivity index (χ2n) is 5.19. The van der Waals surface area contributed by atoms with Gasteiger partial charge >= 0.3 is 5.97 Å². The zero-order valence-corrected chi connectivity index (χ0v) is 11.3. The first-order chi connectivity index (χ1) is 7.86. The van der Waals surface area contributed by atoms with Gasteiger partial charge in [0.15, 0.2) is 0 Å². The fraction of sp³-hybridized carbons (Fsp3) is 0.846. The monoisotopic (exact) mass is 243 g/mol. The summed E-state index contributed by atoms with van der Waals surface area (Å²) in [6, 6.07) is -0.753. The summed E-state index contributed by atoms with van der Waals surface area (Å²) in [5.41, 5.74) is 0. The van der Waals surface area contributed by atoms with E-state index in [-0.39, 0.29) is 11.8 Å². The molecule has 0 aliphatic rings. The van der Waals surface area contributed by atoms with Crippen LogP contribution in [-0.2, 0) is 9.59 Å². The lowest BCUT2D eigenvalue weighted by Gasteiger charge is -2.17. The normalized spacial score (nSPS) is 14.4. The first kappa shape index (κ1) is 15.9. The van der Waals surface area contributed by atoms with Gasteiger partial charge in [-0.05, 0) is 18.3 Å². The fourth-order valence-electron chi connectivity index (χ4n) is 1.86. The molecule has 0 aromatic carbocycles. The van der Waals surface area contributed by atoms with E-state index in [1.165, 1.54) is 0 Å². The predicted octanol–water partition coefficient (Wildman–Crippen LogP) is 2.43. The van der Waals surface area contributed by atoms with Crippen LogP contribution >= 0.6 is 0 Å². The van der Waals surface area contributed by atoms with Gasteiger partial charge in [-0.2, -0.15) is 0 Å². The number of hydrogen-bond donors (Lipinski definition) is 2. The second-order valence-corrected chi connectivity index (χ2v) is 5.19. The first-order valence-electron chi connectivity index (χ1n) is 6.38. The Labute approximate surface area is 104 Å². The van der Waals surface area contributed by atoms with Gasteiger partial charge in [-0.25, -0.2) is 4.79 Å². The summed E-state index contributed by atoms with van der Waals surface area (Å²) in [5.74, 6) is -0.535. The number of amides is 1. The Balaban J connectivity index is 4.17. The SMILES string of the molecule is CCCC(C)CC(=O)NC(CC(C)C)C(=O)O. The molecule has 2 atom stereocenters. The highest BCUT2D eigenvalue weighted by Gasteiger charge is 2.21. The van der Waals surface area contributed by atoms with E-state index >= 15 is 0 Å². The van der Waals surface area contributed by atoms with Crippen LogP contribution in [0.25, 0.3) is 0 Å². The van der Waals surface area contributed by atoms with Gasteiger partial charge in [0.25, 0.3) is 0 Å². The van der Waals surface area contributed by atoms with Crippen molar-refractivity contribution in [3.8, 4) is 0 Å². The first-order valence-corrected chi connectivity index (χ1v) is 6.38. The molecule has 0 aliphatic heterocycles. The molecule has 100 valence electrons. The zero-order chi connectivity index (χ0) is 13.4. The van der Waals surface area contributed by atoms with Crippen LogP contribution in [0.3, 0.4) is 0 Å². The van der Waals surface area contributed by atoms with Crippen LogP contribution in [0.2, 0.25) is 0 Å². The molecule has 0 rings (SSSR count). The lowest BCUT2D eigenvalue weighted by Crippen LogP contribution is -2.42. The minimum absolute atomic E-state index is 0.154. The number of carbonyl (C=O) groups is 2. The van der Waals surface area contributed by atoms with E-state index in [1.807, 2.05) is 20.8 Å². The van der Waals surface area contributed by atoms with Crippen molar-refractivity contribution in [1.29, 1.82) is 0 Å². The van der Waals surface area contributed by atoms with E-state index in [4.69, 9.17) is 5.11 Å². The summed E-state index contributed by atoms with van der Waals surface area (Å²) in [7, 11) is 0. The maximum atomic E-state index is 11.7. The Morgan fingerprint density at radius 2 is 1.82 bits per heavy atom. The number of rotatable bonds is 8. The van der Waals surface area contributed by atoms with Crippen molar-refractivity contribution >= 4 is 11.9 Å². The summed E-state index contributed by atoms with van der Waals surface area (Å²) < 4.78 is 0. The van der Waals surface area contributed by atoms with Gasteiger partial charge in [0.05, 0.1) is 0 Å². The Bertz CT molecular complexity index is 251. The molecule has 0 aliphatic carbocycles. The quantitative estimate of drug-likeness (QED) is 0.688. The summed E-state index contributed by atoms with van der Waals surface area (Å²) in [5, 5.41) is 11.6. The number of carbonyl (C=O) groups excluding carboxylic acids is 1. The van der Waals surface area contributed by atoms with Gasteiger partial charge in [-0.1, -0.05) is 40.5 Å². The molecular formula is C13H25NO3. The average molecular weight is 243 g/mol. The summed E-state index contributed by atoms with van der Waals surface area (Å²) in [6.45, 7) is 7.98. The summed E-state index contributed by atoms with van der Waals surface area (Å²) >= 11 is 0. The van der Waals surface area contributed by atoms with Crippen molar-refractivity contribution in [2.24, 2.45) is 11.8 Å². The van der Waals surface area contributed by atoms with Gasteiger partial charge in [0, 0.05) is 6.42 Å². The standard InChI is InChI=1S/C13H25NO3/c1-5-6-10(4)8-12(15)14-11(13(16)17)7-9(2)3/h9-11H,5-8H2,1-4H3,(H,14,15)(H,16,17). The molecule has 0 aromatic rings. The number of aliphatic carboxylic acids is 1. The molecule has 0 bridgehead atoms. The van der Waals surface area contributed by atoms with E-state index in [2.05, 4.69) is 12.2 Å². The van der Waals surface area contributed by atoms with Crippen LogP contribution in [0.5, 0.6) is 0 Å². The van der Waals surface area contributed by atoms with E-state index in [1.54, 1.807) is 0 Å². The molecule has 0 spiro atoms. The van der Waals surface area contributed by atoms with Crippen LogP contribution in [0, 0.1) is 11.8 Å². The smallest absolute Gasteiger partial charge is 0.326 e. The predicted molar refractivity (Wildman–Crippen MR) is 67.7 cm³/mol. The Morgan fingerprint density at radius 1 is 1.24 bits per heavy atom. The minimum Gasteiger partial charge on any atom is -0.480 e. The van der Waals surface area contributed by atoms with E-state index < -0.39 is 12.0 Å². The molecule has 0 saturated heterocycles. The number of carboxylic acids is 1. The van der Waals surface area contributed by atoms with E-state index in [0.29, 0.717) is 18.8 Å². The van der Waals surface area contributed by atoms with Crippen LogP contribution < -0.4 is 5.32 Å². The maximum Gasteiger partial charge on any atom is 0.326 e. The lowest BCUT2D eigenvalue weighted by atomic mass is 10.0.